The number of hydrogen-bond acceptors (Lipinski definition) is 3. The van der Waals surface area contributed by atoms with Gasteiger partial charge in [-0.3, -0.25) is 14.0 Å². The topological polar surface area (TPSA) is 66.7 Å². The van der Waals surface area contributed by atoms with Crippen molar-refractivity contribution in [3.63, 3.8) is 0 Å². The molecular weight excluding hydrogens is 376 g/mol. The number of para-hydroxylation sites is 1. The van der Waals surface area contributed by atoms with Crippen molar-refractivity contribution in [3.05, 3.63) is 102 Å². The Kier molecular flexibility index (Phi) is 5.57. The van der Waals surface area contributed by atoms with Crippen LogP contribution in [-0.4, -0.2) is 27.7 Å². The molecule has 1 N–H and O–H groups in total. The van der Waals surface area contributed by atoms with Gasteiger partial charge in [0.2, 0.25) is 5.82 Å². The van der Waals surface area contributed by atoms with E-state index in [-0.39, 0.29) is 23.3 Å². The summed E-state index contributed by atoms with van der Waals surface area (Å²) in [7, 11) is 0. The molecule has 2 heterocycles. The van der Waals surface area contributed by atoms with E-state index in [1.54, 1.807) is 21.6 Å². The van der Waals surface area contributed by atoms with E-state index < -0.39 is 0 Å². The average molecular weight is 398 g/mol. The van der Waals surface area contributed by atoms with Gasteiger partial charge in [0, 0.05) is 25.0 Å². The van der Waals surface area contributed by atoms with Crippen LogP contribution in [0.4, 0.5) is 5.69 Å². The fraction of sp³-hybridized carbons (Fsp3) is 0.125. The van der Waals surface area contributed by atoms with E-state index >= 15 is 0 Å². The van der Waals surface area contributed by atoms with Crippen LogP contribution in [0.1, 0.15) is 33.6 Å². The minimum atomic E-state index is -0.332. The molecule has 2 aromatic carbocycles. The fourth-order valence-electron chi connectivity index (χ4n) is 3.39. The summed E-state index contributed by atoms with van der Waals surface area (Å²) in [5, 5.41) is 2.89. The molecular formula is C24H22N4O2. The normalized spacial score (nSPS) is 10.7. The Balaban J connectivity index is 1.66. The Labute approximate surface area is 174 Å². The van der Waals surface area contributed by atoms with Crippen molar-refractivity contribution in [1.82, 2.24) is 14.7 Å². The van der Waals surface area contributed by atoms with Crippen molar-refractivity contribution >= 4 is 23.0 Å². The zero-order valence-electron chi connectivity index (χ0n) is 16.7. The number of nitrogens with one attached hydrogen (secondary N) is 1. The van der Waals surface area contributed by atoms with Gasteiger partial charge in [0.25, 0.3) is 11.8 Å². The maximum absolute atomic E-state index is 13.3. The highest BCUT2D eigenvalue weighted by Gasteiger charge is 2.25. The van der Waals surface area contributed by atoms with Crippen molar-refractivity contribution in [2.24, 2.45) is 0 Å². The first-order valence-corrected chi connectivity index (χ1v) is 9.85. The minimum absolute atomic E-state index is 0.189. The van der Waals surface area contributed by atoms with Gasteiger partial charge in [0.05, 0.1) is 5.52 Å². The van der Waals surface area contributed by atoms with Gasteiger partial charge in [-0.25, -0.2) is 4.98 Å². The molecule has 0 aliphatic heterocycles. The summed E-state index contributed by atoms with van der Waals surface area (Å²) in [6, 6.07) is 24.5. The molecule has 0 aliphatic carbocycles. The number of hydrogen-bond donors (Lipinski definition) is 1. The lowest BCUT2D eigenvalue weighted by molar-refractivity contribution is 0.0940. The molecule has 0 unspecified atom stereocenters. The van der Waals surface area contributed by atoms with Crippen LogP contribution in [-0.2, 0) is 6.54 Å². The van der Waals surface area contributed by atoms with E-state index in [1.807, 2.05) is 79.7 Å². The second-order valence-corrected chi connectivity index (χ2v) is 6.79. The van der Waals surface area contributed by atoms with Crippen molar-refractivity contribution < 1.29 is 9.59 Å². The van der Waals surface area contributed by atoms with Gasteiger partial charge in [-0.05, 0) is 36.8 Å². The van der Waals surface area contributed by atoms with Crippen molar-refractivity contribution in [3.8, 4) is 0 Å². The second kappa shape index (κ2) is 8.61. The summed E-state index contributed by atoms with van der Waals surface area (Å²) in [6.45, 7) is 2.79. The lowest BCUT2D eigenvalue weighted by Gasteiger charge is -2.20. The summed E-state index contributed by atoms with van der Waals surface area (Å²) in [6.07, 6.45) is 1.75. The van der Waals surface area contributed by atoms with E-state index in [2.05, 4.69) is 10.3 Å². The van der Waals surface area contributed by atoms with Gasteiger partial charge in [-0.15, -0.1) is 0 Å². The summed E-state index contributed by atoms with van der Waals surface area (Å²) < 4.78 is 1.66. The molecule has 30 heavy (non-hydrogen) atoms. The van der Waals surface area contributed by atoms with E-state index in [4.69, 9.17) is 0 Å². The Morgan fingerprint density at radius 2 is 1.60 bits per heavy atom. The first kappa shape index (κ1) is 19.4. The molecule has 0 spiro atoms. The van der Waals surface area contributed by atoms with Crippen LogP contribution in [0.2, 0.25) is 0 Å². The van der Waals surface area contributed by atoms with Gasteiger partial charge in [-0.2, -0.15) is 0 Å². The molecule has 0 atom stereocenters. The first-order valence-electron chi connectivity index (χ1n) is 9.85. The molecule has 0 fully saturated rings. The van der Waals surface area contributed by atoms with E-state index in [1.165, 1.54) is 0 Å². The van der Waals surface area contributed by atoms with Crippen LogP contribution < -0.4 is 10.2 Å². The quantitative estimate of drug-likeness (QED) is 0.535. The number of benzene rings is 2. The average Bonchev–Trinajstić information content (AvgIpc) is 3.19. The molecule has 150 valence electrons. The maximum Gasteiger partial charge on any atom is 0.287 e. The number of aromatic nitrogens is 2. The van der Waals surface area contributed by atoms with Gasteiger partial charge in [-0.1, -0.05) is 54.6 Å². The lowest BCUT2D eigenvalue weighted by atomic mass is 10.2. The molecule has 0 aliphatic rings. The molecule has 6 heteroatoms. The Morgan fingerprint density at radius 1 is 0.933 bits per heavy atom. The monoisotopic (exact) mass is 398 g/mol. The summed E-state index contributed by atoms with van der Waals surface area (Å²) in [5.74, 6) is -0.384. The Hall–Kier alpha value is -3.93. The van der Waals surface area contributed by atoms with Crippen LogP contribution in [0.3, 0.4) is 0 Å². The highest BCUT2D eigenvalue weighted by Crippen LogP contribution is 2.20. The predicted octanol–water partition coefficient (Wildman–Crippen LogP) is 3.93. The maximum atomic E-state index is 13.3. The van der Waals surface area contributed by atoms with E-state index in [0.29, 0.717) is 18.6 Å². The summed E-state index contributed by atoms with van der Waals surface area (Å²) in [4.78, 5) is 32.3. The van der Waals surface area contributed by atoms with Crippen LogP contribution in [0.15, 0.2) is 85.1 Å². The van der Waals surface area contributed by atoms with Crippen molar-refractivity contribution in [1.29, 1.82) is 0 Å². The number of carbonyl (C=O) groups excluding carboxylic acids is 2. The molecule has 6 nitrogen and oxygen atoms in total. The lowest BCUT2D eigenvalue weighted by Crippen LogP contribution is -2.31. The van der Waals surface area contributed by atoms with Crippen LogP contribution in [0.25, 0.3) is 5.52 Å². The highest BCUT2D eigenvalue weighted by molar-refractivity contribution is 6.10. The third-order valence-electron chi connectivity index (χ3n) is 4.88. The second-order valence-electron chi connectivity index (χ2n) is 6.79. The number of nitrogens with zero attached hydrogens (tertiary/aromatic N) is 3. The van der Waals surface area contributed by atoms with E-state index in [0.717, 1.165) is 11.3 Å². The minimum Gasteiger partial charge on any atom is -0.345 e. The molecule has 0 bridgehead atoms. The zero-order chi connectivity index (χ0) is 20.9. The van der Waals surface area contributed by atoms with Gasteiger partial charge >= 0.3 is 0 Å². The fourth-order valence-corrected chi connectivity index (χ4v) is 3.39. The van der Waals surface area contributed by atoms with Crippen LogP contribution in [0, 0.1) is 0 Å². The van der Waals surface area contributed by atoms with Crippen LogP contribution in [0.5, 0.6) is 0 Å². The predicted molar refractivity (Wildman–Crippen MR) is 117 cm³/mol. The molecule has 0 radical (unpaired) electrons. The molecule has 0 saturated heterocycles. The number of pyridine rings is 1. The standard InChI is InChI=1S/C24H22N4O2/c1-2-27(19-13-7-4-8-14-19)24(30)21-20-15-9-10-16-28(20)22(26-21)23(29)25-17-18-11-5-3-6-12-18/h3-16H,2,17H2,1H3,(H,25,29). The molecule has 4 rings (SSSR count). The molecule has 2 amide bonds. The van der Waals surface area contributed by atoms with Gasteiger partial charge in [0.1, 0.15) is 0 Å². The highest BCUT2D eigenvalue weighted by atomic mass is 16.2. The number of carbonyl (C=O) groups is 2. The Bertz CT molecular complexity index is 1170. The van der Waals surface area contributed by atoms with Gasteiger partial charge < -0.3 is 10.2 Å². The number of rotatable bonds is 6. The summed E-state index contributed by atoms with van der Waals surface area (Å²) >= 11 is 0. The number of imidazole rings is 1. The zero-order valence-corrected chi connectivity index (χ0v) is 16.7. The molecule has 2 aromatic heterocycles. The molecule has 0 saturated carbocycles. The smallest absolute Gasteiger partial charge is 0.287 e. The molecule has 4 aromatic rings. The van der Waals surface area contributed by atoms with E-state index in [9.17, 15) is 9.59 Å². The SMILES string of the molecule is CCN(C(=O)c1nc(C(=O)NCc2ccccc2)n2ccccc12)c1ccccc1. The number of amides is 2. The van der Waals surface area contributed by atoms with Crippen molar-refractivity contribution in [2.75, 3.05) is 11.4 Å². The third-order valence-corrected chi connectivity index (χ3v) is 4.88. The number of anilines is 1. The van der Waals surface area contributed by atoms with Crippen LogP contribution >= 0.6 is 0 Å². The van der Waals surface area contributed by atoms with Gasteiger partial charge in [0.15, 0.2) is 5.69 Å². The summed E-state index contributed by atoms with van der Waals surface area (Å²) in [5.41, 5.74) is 2.63. The first-order chi connectivity index (χ1) is 14.7. The third kappa shape index (κ3) is 3.80. The number of fused-ring (bicyclic) bond motifs is 1. The Morgan fingerprint density at radius 3 is 2.30 bits per heavy atom. The largest absolute Gasteiger partial charge is 0.345 e. The van der Waals surface area contributed by atoms with Crippen molar-refractivity contribution in [2.45, 2.75) is 13.5 Å².